The van der Waals surface area contributed by atoms with Gasteiger partial charge in [-0.3, -0.25) is 4.79 Å². The second-order valence-electron chi connectivity index (χ2n) is 5.68. The van der Waals surface area contributed by atoms with Crippen LogP contribution in [-0.2, 0) is 4.79 Å². The van der Waals surface area contributed by atoms with Gasteiger partial charge in [-0.05, 0) is 51.1 Å². The number of likely N-dealkylation sites (tertiary alicyclic amines) is 1. The predicted octanol–water partition coefficient (Wildman–Crippen LogP) is 2.69. The topological polar surface area (TPSA) is 32.3 Å². The first-order chi connectivity index (χ1) is 8.13. The van der Waals surface area contributed by atoms with Gasteiger partial charge in [-0.25, -0.2) is 0 Å². The minimum absolute atomic E-state index is 0. The highest BCUT2D eigenvalue weighted by molar-refractivity contribution is 5.85. The van der Waals surface area contributed by atoms with Gasteiger partial charge in [-0.15, -0.1) is 12.4 Å². The van der Waals surface area contributed by atoms with E-state index in [-0.39, 0.29) is 12.4 Å². The molecule has 1 aliphatic heterocycles. The number of rotatable bonds is 6. The van der Waals surface area contributed by atoms with Crippen LogP contribution in [0, 0.1) is 11.8 Å². The first kappa shape index (κ1) is 17.7. The zero-order valence-electron chi connectivity index (χ0n) is 12.1. The third kappa shape index (κ3) is 6.60. The molecule has 18 heavy (non-hydrogen) atoms. The Kier molecular flexibility index (Phi) is 9.47. The molecule has 1 aliphatic rings. The van der Waals surface area contributed by atoms with Gasteiger partial charge in [-0.2, -0.15) is 0 Å². The van der Waals surface area contributed by atoms with Crippen molar-refractivity contribution in [1.82, 2.24) is 10.2 Å². The molecule has 1 rings (SSSR count). The van der Waals surface area contributed by atoms with E-state index in [1.807, 2.05) is 7.05 Å². The molecule has 0 radical (unpaired) electrons. The minimum Gasteiger partial charge on any atom is -0.342 e. The maximum absolute atomic E-state index is 12.0. The summed E-state index contributed by atoms with van der Waals surface area (Å²) in [6, 6.07) is 0. The number of amides is 1. The average molecular weight is 277 g/mol. The van der Waals surface area contributed by atoms with E-state index in [4.69, 9.17) is 0 Å². The Morgan fingerprint density at radius 1 is 1.44 bits per heavy atom. The van der Waals surface area contributed by atoms with E-state index in [0.717, 1.165) is 37.9 Å². The van der Waals surface area contributed by atoms with Crippen molar-refractivity contribution < 1.29 is 4.79 Å². The molecule has 0 aliphatic carbocycles. The molecule has 1 fully saturated rings. The lowest BCUT2D eigenvalue weighted by molar-refractivity contribution is -0.133. The highest BCUT2D eigenvalue weighted by Gasteiger charge is 2.23. The fourth-order valence-corrected chi connectivity index (χ4v) is 2.73. The van der Waals surface area contributed by atoms with Gasteiger partial charge >= 0.3 is 0 Å². The molecule has 0 aromatic rings. The standard InChI is InChI=1S/C14H28N2O.ClH/c1-12(2)10-13-6-5-9-16(11-13)14(17)7-4-8-15-3;/h12-13,15H,4-11H2,1-3H3;1H. The Morgan fingerprint density at radius 3 is 2.78 bits per heavy atom. The molecule has 108 valence electrons. The Balaban J connectivity index is 0.00000289. The van der Waals surface area contributed by atoms with Gasteiger partial charge in [-0.1, -0.05) is 13.8 Å². The highest BCUT2D eigenvalue weighted by Crippen LogP contribution is 2.23. The molecular weight excluding hydrogens is 248 g/mol. The maximum atomic E-state index is 12.0. The summed E-state index contributed by atoms with van der Waals surface area (Å²) in [6.45, 7) is 7.46. The second-order valence-corrected chi connectivity index (χ2v) is 5.68. The molecule has 4 heteroatoms. The van der Waals surface area contributed by atoms with E-state index in [2.05, 4.69) is 24.1 Å². The minimum atomic E-state index is 0. The van der Waals surface area contributed by atoms with E-state index in [1.54, 1.807) is 0 Å². The number of piperidine rings is 1. The molecule has 0 saturated carbocycles. The Labute approximate surface area is 118 Å². The molecule has 1 atom stereocenters. The summed E-state index contributed by atoms with van der Waals surface area (Å²) in [4.78, 5) is 14.1. The van der Waals surface area contributed by atoms with Gasteiger partial charge in [0.15, 0.2) is 0 Å². The molecule has 0 bridgehead atoms. The van der Waals surface area contributed by atoms with Crippen molar-refractivity contribution in [2.24, 2.45) is 11.8 Å². The maximum Gasteiger partial charge on any atom is 0.222 e. The van der Waals surface area contributed by atoms with Crippen molar-refractivity contribution >= 4 is 18.3 Å². The fourth-order valence-electron chi connectivity index (χ4n) is 2.73. The van der Waals surface area contributed by atoms with Crippen molar-refractivity contribution in [3.8, 4) is 0 Å². The van der Waals surface area contributed by atoms with Crippen LogP contribution in [0.2, 0.25) is 0 Å². The van der Waals surface area contributed by atoms with E-state index >= 15 is 0 Å². The fraction of sp³-hybridized carbons (Fsp3) is 0.929. The normalized spacial score (nSPS) is 19.8. The third-order valence-electron chi connectivity index (χ3n) is 3.49. The molecular formula is C14H29ClN2O. The average Bonchev–Trinajstić information content (AvgIpc) is 2.28. The molecule has 0 aromatic heterocycles. The number of hydrogen-bond donors (Lipinski definition) is 1. The van der Waals surface area contributed by atoms with E-state index < -0.39 is 0 Å². The van der Waals surface area contributed by atoms with Gasteiger partial charge in [0.25, 0.3) is 0 Å². The molecule has 0 spiro atoms. The monoisotopic (exact) mass is 276 g/mol. The first-order valence-corrected chi connectivity index (χ1v) is 7.05. The summed E-state index contributed by atoms with van der Waals surface area (Å²) in [6.07, 6.45) is 5.42. The van der Waals surface area contributed by atoms with Crippen LogP contribution in [0.1, 0.15) is 46.0 Å². The van der Waals surface area contributed by atoms with Crippen LogP contribution in [0.5, 0.6) is 0 Å². The lowest BCUT2D eigenvalue weighted by atomic mass is 9.89. The Bertz CT molecular complexity index is 234. The number of carbonyl (C=O) groups is 1. The van der Waals surface area contributed by atoms with Crippen LogP contribution in [-0.4, -0.2) is 37.5 Å². The van der Waals surface area contributed by atoms with Crippen LogP contribution in [0.25, 0.3) is 0 Å². The third-order valence-corrected chi connectivity index (χ3v) is 3.49. The molecule has 0 aromatic carbocycles. The van der Waals surface area contributed by atoms with E-state index in [9.17, 15) is 4.79 Å². The number of hydrogen-bond acceptors (Lipinski definition) is 2. The number of carbonyl (C=O) groups excluding carboxylic acids is 1. The lowest BCUT2D eigenvalue weighted by Crippen LogP contribution is -2.40. The molecule has 1 unspecified atom stereocenters. The van der Waals surface area contributed by atoms with Crippen LogP contribution >= 0.6 is 12.4 Å². The Hall–Kier alpha value is -0.280. The quantitative estimate of drug-likeness (QED) is 0.757. The van der Waals surface area contributed by atoms with Crippen molar-refractivity contribution in [2.45, 2.75) is 46.0 Å². The van der Waals surface area contributed by atoms with Crippen molar-refractivity contribution in [1.29, 1.82) is 0 Å². The second kappa shape index (κ2) is 9.62. The predicted molar refractivity (Wildman–Crippen MR) is 79.2 cm³/mol. The van der Waals surface area contributed by atoms with Gasteiger partial charge in [0.1, 0.15) is 0 Å². The highest BCUT2D eigenvalue weighted by atomic mass is 35.5. The van der Waals surface area contributed by atoms with Gasteiger partial charge in [0.05, 0.1) is 0 Å². The molecule has 1 amide bonds. The van der Waals surface area contributed by atoms with Crippen molar-refractivity contribution in [3.63, 3.8) is 0 Å². The van der Waals surface area contributed by atoms with E-state index in [0.29, 0.717) is 12.3 Å². The zero-order valence-corrected chi connectivity index (χ0v) is 12.9. The number of nitrogens with zero attached hydrogens (tertiary/aromatic N) is 1. The lowest BCUT2D eigenvalue weighted by Gasteiger charge is -2.33. The van der Waals surface area contributed by atoms with Crippen LogP contribution in [0.15, 0.2) is 0 Å². The van der Waals surface area contributed by atoms with Gasteiger partial charge in [0.2, 0.25) is 5.91 Å². The number of halogens is 1. The summed E-state index contributed by atoms with van der Waals surface area (Å²) in [5, 5.41) is 3.09. The van der Waals surface area contributed by atoms with Gasteiger partial charge in [0, 0.05) is 19.5 Å². The van der Waals surface area contributed by atoms with Crippen molar-refractivity contribution in [2.75, 3.05) is 26.7 Å². The molecule has 1 N–H and O–H groups in total. The van der Waals surface area contributed by atoms with Crippen molar-refractivity contribution in [3.05, 3.63) is 0 Å². The number of nitrogens with one attached hydrogen (secondary N) is 1. The largest absolute Gasteiger partial charge is 0.342 e. The van der Waals surface area contributed by atoms with E-state index in [1.165, 1.54) is 19.3 Å². The summed E-state index contributed by atoms with van der Waals surface area (Å²) < 4.78 is 0. The van der Waals surface area contributed by atoms with Crippen LogP contribution in [0.4, 0.5) is 0 Å². The summed E-state index contributed by atoms with van der Waals surface area (Å²) >= 11 is 0. The molecule has 1 heterocycles. The first-order valence-electron chi connectivity index (χ1n) is 7.05. The zero-order chi connectivity index (χ0) is 12.7. The van der Waals surface area contributed by atoms with Gasteiger partial charge < -0.3 is 10.2 Å². The summed E-state index contributed by atoms with van der Waals surface area (Å²) in [5.41, 5.74) is 0. The summed E-state index contributed by atoms with van der Waals surface area (Å²) in [5.74, 6) is 1.84. The Morgan fingerprint density at radius 2 is 2.17 bits per heavy atom. The van der Waals surface area contributed by atoms with Crippen LogP contribution in [0.3, 0.4) is 0 Å². The summed E-state index contributed by atoms with van der Waals surface area (Å²) in [7, 11) is 1.93. The SMILES string of the molecule is CNCCCC(=O)N1CCCC(CC(C)C)C1.Cl. The molecule has 3 nitrogen and oxygen atoms in total. The van der Waals surface area contributed by atoms with Crippen LogP contribution < -0.4 is 5.32 Å². The smallest absolute Gasteiger partial charge is 0.222 e. The molecule has 1 saturated heterocycles.